The maximum atomic E-state index is 12.6. The first-order chi connectivity index (χ1) is 11.1. The van der Waals surface area contributed by atoms with E-state index in [1.54, 1.807) is 0 Å². The van der Waals surface area contributed by atoms with Crippen LogP contribution >= 0.6 is 0 Å². The van der Waals surface area contributed by atoms with Crippen molar-refractivity contribution in [2.75, 3.05) is 0 Å². The topological polar surface area (TPSA) is 41.5 Å². The molecule has 2 saturated carbocycles. The molecule has 2 aliphatic carbocycles. The van der Waals surface area contributed by atoms with Gasteiger partial charge in [-0.2, -0.15) is 18.3 Å². The smallest absolute Gasteiger partial charge is 0.267 e. The molecular weight excluding hydrogens is 317 g/mol. The molecule has 0 aromatic heterocycles. The predicted octanol–water partition coefficient (Wildman–Crippen LogP) is 4.64. The fourth-order valence-corrected chi connectivity index (χ4v) is 4.09. The highest BCUT2D eigenvalue weighted by Gasteiger charge is 2.60. The first-order valence-corrected chi connectivity index (χ1v) is 8.10. The number of fused-ring (bicyclic) bond motifs is 2. The summed E-state index contributed by atoms with van der Waals surface area (Å²) in [6.45, 7) is 6.67. The van der Waals surface area contributed by atoms with E-state index in [0.717, 1.165) is 30.7 Å². The highest BCUT2D eigenvalue weighted by atomic mass is 19.4. The van der Waals surface area contributed by atoms with Crippen molar-refractivity contribution in [2.24, 2.45) is 21.8 Å². The monoisotopic (exact) mass is 338 g/mol. The van der Waals surface area contributed by atoms with Gasteiger partial charge in [-0.05, 0) is 54.9 Å². The van der Waals surface area contributed by atoms with Crippen molar-refractivity contribution in [3.8, 4) is 0 Å². The summed E-state index contributed by atoms with van der Waals surface area (Å²) in [6.07, 6.45) is -1.30. The van der Waals surface area contributed by atoms with Crippen LogP contribution in [0.15, 0.2) is 29.4 Å². The van der Waals surface area contributed by atoms with Crippen LogP contribution < -0.4 is 5.43 Å². The van der Waals surface area contributed by atoms with Gasteiger partial charge in [0.2, 0.25) is 0 Å². The lowest BCUT2D eigenvalue weighted by molar-refractivity contribution is -0.137. The van der Waals surface area contributed by atoms with Crippen LogP contribution in [-0.4, -0.2) is 11.6 Å². The van der Waals surface area contributed by atoms with Gasteiger partial charge in [-0.1, -0.05) is 20.8 Å². The summed E-state index contributed by atoms with van der Waals surface area (Å²) < 4.78 is 37.7. The van der Waals surface area contributed by atoms with Gasteiger partial charge in [0.05, 0.1) is 5.56 Å². The highest BCUT2D eigenvalue weighted by Crippen LogP contribution is 2.63. The van der Waals surface area contributed by atoms with Crippen LogP contribution in [0.5, 0.6) is 0 Å². The number of alkyl halides is 3. The Kier molecular flexibility index (Phi) is 3.77. The van der Waals surface area contributed by atoms with Gasteiger partial charge >= 0.3 is 6.18 Å². The van der Waals surface area contributed by atoms with E-state index in [9.17, 15) is 18.0 Å². The minimum absolute atomic E-state index is 0.0227. The molecule has 24 heavy (non-hydrogen) atoms. The number of halogens is 3. The molecule has 0 aliphatic heterocycles. The fraction of sp³-hybridized carbons (Fsp3) is 0.556. The van der Waals surface area contributed by atoms with Gasteiger partial charge in [0.1, 0.15) is 0 Å². The first-order valence-electron chi connectivity index (χ1n) is 8.10. The second-order valence-corrected chi connectivity index (χ2v) is 7.57. The predicted molar refractivity (Wildman–Crippen MR) is 85.6 cm³/mol. The van der Waals surface area contributed by atoms with E-state index in [2.05, 4.69) is 31.3 Å². The number of amides is 1. The summed E-state index contributed by atoms with van der Waals surface area (Å²) in [7, 11) is 0. The van der Waals surface area contributed by atoms with Crippen LogP contribution in [0.3, 0.4) is 0 Å². The van der Waals surface area contributed by atoms with E-state index in [4.69, 9.17) is 0 Å². The Bertz CT molecular complexity index is 691. The number of hydrogen-bond acceptors (Lipinski definition) is 2. The average Bonchev–Trinajstić information content (AvgIpc) is 2.85. The van der Waals surface area contributed by atoms with Crippen molar-refractivity contribution in [3.05, 3.63) is 35.4 Å². The van der Waals surface area contributed by atoms with E-state index in [-0.39, 0.29) is 16.4 Å². The molecule has 0 saturated heterocycles. The summed E-state index contributed by atoms with van der Waals surface area (Å²) in [5.41, 5.74) is 3.04. The third-order valence-corrected chi connectivity index (χ3v) is 6.28. The number of hydrogen-bond donors (Lipinski definition) is 1. The molecule has 2 bridgehead atoms. The molecule has 2 fully saturated rings. The average molecular weight is 338 g/mol. The summed E-state index contributed by atoms with van der Waals surface area (Å²) in [4.78, 5) is 12.1. The van der Waals surface area contributed by atoms with Crippen LogP contribution in [0.25, 0.3) is 0 Å². The minimum atomic E-state index is -4.40. The molecule has 3 nitrogen and oxygen atoms in total. The molecule has 1 N–H and O–H groups in total. The van der Waals surface area contributed by atoms with Gasteiger partial charge in [-0.3, -0.25) is 4.79 Å². The maximum Gasteiger partial charge on any atom is 0.416 e. The second-order valence-electron chi connectivity index (χ2n) is 7.57. The first kappa shape index (κ1) is 17.0. The van der Waals surface area contributed by atoms with E-state index < -0.39 is 17.6 Å². The largest absolute Gasteiger partial charge is 0.416 e. The lowest BCUT2D eigenvalue weighted by atomic mass is 9.70. The molecular formula is C18H21F3N2O. The molecule has 2 aliphatic rings. The summed E-state index contributed by atoms with van der Waals surface area (Å²) in [5, 5.41) is 4.32. The zero-order valence-electron chi connectivity index (χ0n) is 14.0. The van der Waals surface area contributed by atoms with E-state index in [1.165, 1.54) is 18.6 Å². The molecule has 0 spiro atoms. The van der Waals surface area contributed by atoms with Gasteiger partial charge in [0, 0.05) is 16.7 Å². The highest BCUT2D eigenvalue weighted by molar-refractivity contribution is 5.98. The number of rotatable bonds is 2. The van der Waals surface area contributed by atoms with Crippen molar-refractivity contribution in [2.45, 2.75) is 46.2 Å². The molecule has 2 atom stereocenters. The lowest BCUT2D eigenvalue weighted by Crippen LogP contribution is -2.34. The van der Waals surface area contributed by atoms with Gasteiger partial charge in [0.25, 0.3) is 5.91 Å². The molecule has 3 rings (SSSR count). The van der Waals surface area contributed by atoms with Gasteiger partial charge in [-0.25, -0.2) is 5.43 Å². The fourth-order valence-electron chi connectivity index (χ4n) is 4.09. The third kappa shape index (κ3) is 2.52. The van der Waals surface area contributed by atoms with Gasteiger partial charge in [-0.15, -0.1) is 0 Å². The van der Waals surface area contributed by atoms with Crippen LogP contribution in [0.1, 0.15) is 56.0 Å². The zero-order chi connectivity index (χ0) is 17.8. The molecule has 0 heterocycles. The Hall–Kier alpha value is -1.85. The summed E-state index contributed by atoms with van der Waals surface area (Å²) in [6, 6.07) is 4.16. The number of carbonyl (C=O) groups is 1. The Morgan fingerprint density at radius 2 is 1.83 bits per heavy atom. The van der Waals surface area contributed by atoms with Crippen LogP contribution in [0, 0.1) is 16.7 Å². The van der Waals surface area contributed by atoms with Gasteiger partial charge in [0.15, 0.2) is 0 Å². The van der Waals surface area contributed by atoms with Crippen molar-refractivity contribution in [1.29, 1.82) is 0 Å². The summed E-state index contributed by atoms with van der Waals surface area (Å²) in [5.74, 6) is 0.0876. The van der Waals surface area contributed by atoms with Crippen molar-refractivity contribution >= 4 is 11.6 Å². The number of nitrogens with zero attached hydrogens (tertiary/aromatic N) is 1. The molecule has 6 heteroatoms. The van der Waals surface area contributed by atoms with Crippen LogP contribution in [0.4, 0.5) is 13.2 Å². The van der Waals surface area contributed by atoms with E-state index in [0.29, 0.717) is 5.92 Å². The quantitative estimate of drug-likeness (QED) is 0.784. The number of hydrazone groups is 1. The van der Waals surface area contributed by atoms with Crippen LogP contribution in [0.2, 0.25) is 0 Å². The van der Waals surface area contributed by atoms with Gasteiger partial charge < -0.3 is 0 Å². The van der Waals surface area contributed by atoms with E-state index >= 15 is 0 Å². The molecule has 0 unspecified atom stereocenters. The third-order valence-electron chi connectivity index (χ3n) is 6.28. The number of benzene rings is 1. The van der Waals surface area contributed by atoms with Crippen LogP contribution in [-0.2, 0) is 6.18 Å². The van der Waals surface area contributed by atoms with Crippen molar-refractivity contribution in [3.63, 3.8) is 0 Å². The number of nitrogens with one attached hydrogen (secondary N) is 1. The van der Waals surface area contributed by atoms with Crippen molar-refractivity contribution < 1.29 is 18.0 Å². The Morgan fingerprint density at radius 1 is 1.21 bits per heavy atom. The van der Waals surface area contributed by atoms with Crippen molar-refractivity contribution in [1.82, 2.24) is 5.43 Å². The molecule has 1 aromatic rings. The molecule has 1 aromatic carbocycles. The molecule has 1 amide bonds. The SMILES string of the molecule is CC1(C)[C@H]2CC[C@@]1(C)/C(=N/NC(=O)c1ccc(C(F)(F)F)cc1)C2. The number of carbonyl (C=O) groups excluding carboxylic acids is 1. The molecule has 0 radical (unpaired) electrons. The summed E-state index contributed by atoms with van der Waals surface area (Å²) >= 11 is 0. The standard InChI is InChI=1S/C18H21F3N2O/c1-16(2)13-8-9-17(16,3)14(10-13)22-23-15(24)11-4-6-12(7-5-11)18(19,20)21/h4-7,13H,8-10H2,1-3H3,(H,23,24)/b22-14+/t13-,17-/m0/s1. The molecule has 130 valence electrons. The normalized spacial score (nSPS) is 29.9. The second kappa shape index (κ2) is 5.33. The Balaban J connectivity index is 1.73. The Labute approximate surface area is 139 Å². The minimum Gasteiger partial charge on any atom is -0.267 e. The zero-order valence-corrected chi connectivity index (χ0v) is 14.0. The van der Waals surface area contributed by atoms with E-state index in [1.807, 2.05) is 0 Å². The maximum absolute atomic E-state index is 12.6. The lowest BCUT2D eigenvalue weighted by Gasteiger charge is -2.34. The Morgan fingerprint density at radius 3 is 2.29 bits per heavy atom.